The molecule has 1 saturated heterocycles. The number of nitrogens with zero attached hydrogens (tertiary/aromatic N) is 2. The van der Waals surface area contributed by atoms with Crippen LogP contribution in [0.1, 0.15) is 44.5 Å². The Labute approximate surface area is 103 Å². The van der Waals surface area contributed by atoms with Crippen LogP contribution in [0.2, 0.25) is 0 Å². The van der Waals surface area contributed by atoms with Gasteiger partial charge in [0.05, 0.1) is 12.1 Å². The van der Waals surface area contributed by atoms with Crippen molar-refractivity contribution in [2.24, 2.45) is 0 Å². The topological polar surface area (TPSA) is 47.0 Å². The zero-order valence-electron chi connectivity index (χ0n) is 11.1. The molecule has 0 saturated carbocycles. The highest BCUT2D eigenvalue weighted by atomic mass is 16.5. The fourth-order valence-electron chi connectivity index (χ4n) is 1.98. The third-order valence-electron chi connectivity index (χ3n) is 3.10. The summed E-state index contributed by atoms with van der Waals surface area (Å²) in [5.41, 5.74) is 2.07. The van der Waals surface area contributed by atoms with E-state index in [1.807, 2.05) is 13.0 Å². The van der Waals surface area contributed by atoms with Crippen molar-refractivity contribution in [3.05, 3.63) is 17.5 Å². The van der Waals surface area contributed by atoms with E-state index in [1.54, 1.807) is 0 Å². The van der Waals surface area contributed by atoms with E-state index < -0.39 is 0 Å². The minimum atomic E-state index is -0.0258. The van der Waals surface area contributed by atoms with E-state index in [-0.39, 0.29) is 5.54 Å². The maximum Gasteiger partial charge on any atom is 0.223 e. The third-order valence-corrected chi connectivity index (χ3v) is 3.10. The van der Waals surface area contributed by atoms with Crippen LogP contribution in [0.3, 0.4) is 0 Å². The average molecular weight is 235 g/mol. The molecule has 0 radical (unpaired) electrons. The van der Waals surface area contributed by atoms with Crippen LogP contribution in [0.4, 0.5) is 5.95 Å². The van der Waals surface area contributed by atoms with Gasteiger partial charge >= 0.3 is 0 Å². The number of nitrogens with one attached hydrogen (secondary N) is 1. The van der Waals surface area contributed by atoms with Crippen molar-refractivity contribution in [1.82, 2.24) is 9.97 Å². The van der Waals surface area contributed by atoms with Gasteiger partial charge in [0.1, 0.15) is 0 Å². The molecule has 0 aliphatic carbocycles. The Morgan fingerprint density at radius 3 is 2.76 bits per heavy atom. The second-order valence-electron chi connectivity index (χ2n) is 5.40. The molecule has 1 unspecified atom stereocenters. The van der Waals surface area contributed by atoms with Gasteiger partial charge < -0.3 is 10.1 Å². The van der Waals surface area contributed by atoms with Gasteiger partial charge in [-0.1, -0.05) is 13.8 Å². The van der Waals surface area contributed by atoms with Crippen LogP contribution in [0.15, 0.2) is 6.07 Å². The van der Waals surface area contributed by atoms with Gasteiger partial charge in [0.25, 0.3) is 0 Å². The smallest absolute Gasteiger partial charge is 0.223 e. The summed E-state index contributed by atoms with van der Waals surface area (Å²) in [4.78, 5) is 9.01. The number of aromatic nitrogens is 2. The first-order valence-corrected chi connectivity index (χ1v) is 6.20. The lowest BCUT2D eigenvalue weighted by Crippen LogP contribution is -2.36. The third kappa shape index (κ3) is 2.94. The molecule has 0 aromatic carbocycles. The molecule has 4 nitrogen and oxygen atoms in total. The van der Waals surface area contributed by atoms with Crippen molar-refractivity contribution in [3.63, 3.8) is 0 Å². The SMILES string of the molecule is Cc1cc(C(C)C)nc(NC2(C)CCOC2)n1. The number of ether oxygens (including phenoxy) is 1. The van der Waals surface area contributed by atoms with E-state index in [0.29, 0.717) is 5.92 Å². The second-order valence-corrected chi connectivity index (χ2v) is 5.40. The summed E-state index contributed by atoms with van der Waals surface area (Å²) in [7, 11) is 0. The second kappa shape index (κ2) is 4.61. The molecule has 17 heavy (non-hydrogen) atoms. The minimum absolute atomic E-state index is 0.0258. The first-order chi connectivity index (χ1) is 7.98. The maximum absolute atomic E-state index is 5.42. The highest BCUT2D eigenvalue weighted by Crippen LogP contribution is 2.23. The summed E-state index contributed by atoms with van der Waals surface area (Å²) in [6, 6.07) is 2.04. The van der Waals surface area contributed by atoms with E-state index in [0.717, 1.165) is 37.0 Å². The van der Waals surface area contributed by atoms with Gasteiger partial charge in [-0.25, -0.2) is 9.97 Å². The Kier molecular flexibility index (Phi) is 3.33. The van der Waals surface area contributed by atoms with E-state index in [1.165, 1.54) is 0 Å². The Hall–Kier alpha value is -1.16. The molecular weight excluding hydrogens is 214 g/mol. The molecule has 0 spiro atoms. The van der Waals surface area contributed by atoms with E-state index in [4.69, 9.17) is 4.74 Å². The maximum atomic E-state index is 5.42. The highest BCUT2D eigenvalue weighted by Gasteiger charge is 2.30. The lowest BCUT2D eigenvalue weighted by atomic mass is 10.0. The van der Waals surface area contributed by atoms with Crippen molar-refractivity contribution >= 4 is 5.95 Å². The van der Waals surface area contributed by atoms with E-state index in [2.05, 4.69) is 36.1 Å². The molecule has 0 amide bonds. The monoisotopic (exact) mass is 235 g/mol. The normalized spacial score (nSPS) is 24.3. The van der Waals surface area contributed by atoms with Crippen LogP contribution >= 0.6 is 0 Å². The van der Waals surface area contributed by atoms with Crippen molar-refractivity contribution in [2.75, 3.05) is 18.5 Å². The largest absolute Gasteiger partial charge is 0.379 e. The number of rotatable bonds is 3. The van der Waals surface area contributed by atoms with Crippen molar-refractivity contribution in [2.45, 2.75) is 45.6 Å². The van der Waals surface area contributed by atoms with Gasteiger partial charge in [-0.15, -0.1) is 0 Å². The molecule has 1 aliphatic rings. The number of hydrogen-bond donors (Lipinski definition) is 1. The molecule has 1 atom stereocenters. The first kappa shape index (κ1) is 12.3. The fraction of sp³-hybridized carbons (Fsp3) is 0.692. The highest BCUT2D eigenvalue weighted by molar-refractivity contribution is 5.33. The Morgan fingerprint density at radius 2 is 2.18 bits per heavy atom. The Morgan fingerprint density at radius 1 is 1.41 bits per heavy atom. The molecule has 1 aliphatic heterocycles. The zero-order chi connectivity index (χ0) is 12.5. The van der Waals surface area contributed by atoms with Crippen LogP contribution < -0.4 is 5.32 Å². The summed E-state index contributed by atoms with van der Waals surface area (Å²) in [5.74, 6) is 1.14. The molecular formula is C13H21N3O. The van der Waals surface area contributed by atoms with Crippen LogP contribution in [0.5, 0.6) is 0 Å². The summed E-state index contributed by atoms with van der Waals surface area (Å²) in [5, 5.41) is 3.41. The molecule has 2 heterocycles. The standard InChI is InChI=1S/C13H21N3O/c1-9(2)11-7-10(3)14-12(15-11)16-13(4)5-6-17-8-13/h7,9H,5-6,8H2,1-4H3,(H,14,15,16). The Bertz CT molecular complexity index is 398. The van der Waals surface area contributed by atoms with Crippen LogP contribution in [-0.2, 0) is 4.74 Å². The van der Waals surface area contributed by atoms with Crippen LogP contribution in [0.25, 0.3) is 0 Å². The first-order valence-electron chi connectivity index (χ1n) is 6.20. The summed E-state index contributed by atoms with van der Waals surface area (Å²) < 4.78 is 5.42. The number of hydrogen-bond acceptors (Lipinski definition) is 4. The molecule has 1 N–H and O–H groups in total. The van der Waals surface area contributed by atoms with Gasteiger partial charge in [-0.05, 0) is 32.3 Å². The van der Waals surface area contributed by atoms with Gasteiger partial charge in [0.15, 0.2) is 0 Å². The number of anilines is 1. The molecule has 0 bridgehead atoms. The summed E-state index contributed by atoms with van der Waals surface area (Å²) in [6.07, 6.45) is 1.00. The van der Waals surface area contributed by atoms with Crippen LogP contribution in [0, 0.1) is 6.92 Å². The predicted molar refractivity (Wildman–Crippen MR) is 68.3 cm³/mol. The van der Waals surface area contributed by atoms with Gasteiger partial charge in [0, 0.05) is 18.0 Å². The van der Waals surface area contributed by atoms with Gasteiger partial charge in [0.2, 0.25) is 5.95 Å². The quantitative estimate of drug-likeness (QED) is 0.874. The van der Waals surface area contributed by atoms with Crippen molar-refractivity contribution in [3.8, 4) is 0 Å². The minimum Gasteiger partial charge on any atom is -0.379 e. The molecule has 94 valence electrons. The van der Waals surface area contributed by atoms with Gasteiger partial charge in [-0.2, -0.15) is 0 Å². The van der Waals surface area contributed by atoms with Crippen molar-refractivity contribution in [1.29, 1.82) is 0 Å². The average Bonchev–Trinajstić information content (AvgIpc) is 2.63. The van der Waals surface area contributed by atoms with Crippen molar-refractivity contribution < 1.29 is 4.74 Å². The fourth-order valence-corrected chi connectivity index (χ4v) is 1.98. The summed E-state index contributed by atoms with van der Waals surface area (Å²) >= 11 is 0. The Balaban J connectivity index is 2.20. The van der Waals surface area contributed by atoms with E-state index >= 15 is 0 Å². The lowest BCUT2D eigenvalue weighted by molar-refractivity contribution is 0.185. The zero-order valence-corrected chi connectivity index (χ0v) is 11.1. The molecule has 1 aromatic heterocycles. The molecule has 2 rings (SSSR count). The molecule has 1 aromatic rings. The summed E-state index contributed by atoms with van der Waals surface area (Å²) in [6.45, 7) is 9.98. The molecule has 4 heteroatoms. The van der Waals surface area contributed by atoms with Gasteiger partial charge in [-0.3, -0.25) is 0 Å². The number of aryl methyl sites for hydroxylation is 1. The lowest BCUT2D eigenvalue weighted by Gasteiger charge is -2.24. The predicted octanol–water partition coefficient (Wildman–Crippen LogP) is 2.50. The van der Waals surface area contributed by atoms with E-state index in [9.17, 15) is 0 Å². The van der Waals surface area contributed by atoms with Crippen LogP contribution in [-0.4, -0.2) is 28.7 Å². The molecule has 1 fully saturated rings.